The number of carbonyl (C=O) groups excluding carboxylic acids is 1. The Kier molecular flexibility index (Phi) is 4.74. The van der Waals surface area contributed by atoms with Crippen molar-refractivity contribution in [2.45, 2.75) is 26.9 Å². The number of thiazole rings is 1. The van der Waals surface area contributed by atoms with E-state index in [1.807, 2.05) is 31.2 Å². The van der Waals surface area contributed by atoms with E-state index in [9.17, 15) is 4.79 Å². The van der Waals surface area contributed by atoms with Crippen LogP contribution in [0.1, 0.15) is 34.2 Å². The molecule has 0 unspecified atom stereocenters. The number of hydrogen-bond donors (Lipinski definition) is 0. The summed E-state index contributed by atoms with van der Waals surface area (Å²) in [7, 11) is 1.62. The molecule has 0 bridgehead atoms. The van der Waals surface area contributed by atoms with Crippen LogP contribution in [-0.2, 0) is 13.0 Å². The van der Waals surface area contributed by atoms with E-state index in [2.05, 4.69) is 4.98 Å². The molecule has 4 nitrogen and oxygen atoms in total. The van der Waals surface area contributed by atoms with Crippen molar-refractivity contribution in [2.24, 2.45) is 0 Å². The van der Waals surface area contributed by atoms with E-state index in [4.69, 9.17) is 9.47 Å². The summed E-state index contributed by atoms with van der Waals surface area (Å²) in [6.07, 6.45) is 0.755. The number of carbonyl (C=O) groups is 1. The number of methoxy groups -OCH3 is 1. The molecule has 2 aromatic rings. The van der Waals surface area contributed by atoms with Crippen molar-refractivity contribution in [2.75, 3.05) is 7.11 Å². The molecule has 0 amide bonds. The van der Waals surface area contributed by atoms with Crippen molar-refractivity contribution in [3.05, 3.63) is 39.8 Å². The highest BCUT2D eigenvalue weighted by atomic mass is 32.1. The number of ether oxygens (including phenoxy) is 2. The second kappa shape index (κ2) is 6.52. The SMILES string of the molecule is CCc1nc(COc2cccc(OC)c2)sc1C(C)=O. The molecule has 0 spiro atoms. The topological polar surface area (TPSA) is 48.4 Å². The van der Waals surface area contributed by atoms with Crippen LogP contribution in [0, 0.1) is 0 Å². The maximum atomic E-state index is 11.5. The Morgan fingerprint density at radius 1 is 1.35 bits per heavy atom. The molecule has 0 atom stereocenters. The van der Waals surface area contributed by atoms with Crippen LogP contribution in [0.5, 0.6) is 11.5 Å². The fraction of sp³-hybridized carbons (Fsp3) is 0.333. The van der Waals surface area contributed by atoms with E-state index in [-0.39, 0.29) is 5.78 Å². The lowest BCUT2D eigenvalue weighted by Crippen LogP contribution is -1.96. The van der Waals surface area contributed by atoms with Gasteiger partial charge in [0, 0.05) is 13.0 Å². The molecule has 0 fully saturated rings. The van der Waals surface area contributed by atoms with E-state index in [1.165, 1.54) is 11.3 Å². The van der Waals surface area contributed by atoms with Crippen LogP contribution < -0.4 is 9.47 Å². The Morgan fingerprint density at radius 3 is 2.70 bits per heavy atom. The van der Waals surface area contributed by atoms with Gasteiger partial charge in [0.1, 0.15) is 23.1 Å². The first-order valence-corrected chi connectivity index (χ1v) is 7.22. The van der Waals surface area contributed by atoms with Crippen LogP contribution in [0.25, 0.3) is 0 Å². The maximum Gasteiger partial charge on any atom is 0.171 e. The molecule has 0 N–H and O–H groups in total. The van der Waals surface area contributed by atoms with Gasteiger partial charge < -0.3 is 9.47 Å². The van der Waals surface area contributed by atoms with Gasteiger partial charge in [0.2, 0.25) is 0 Å². The number of nitrogens with zero attached hydrogens (tertiary/aromatic N) is 1. The van der Waals surface area contributed by atoms with Gasteiger partial charge in [-0.1, -0.05) is 13.0 Å². The quantitative estimate of drug-likeness (QED) is 0.764. The molecule has 5 heteroatoms. The Hall–Kier alpha value is -1.88. The molecule has 1 heterocycles. The number of ketones is 1. The monoisotopic (exact) mass is 291 g/mol. The molecular weight excluding hydrogens is 274 g/mol. The van der Waals surface area contributed by atoms with Crippen molar-refractivity contribution in [1.29, 1.82) is 0 Å². The number of aromatic nitrogens is 1. The number of benzene rings is 1. The predicted octanol–water partition coefficient (Wildman–Crippen LogP) is 3.50. The van der Waals surface area contributed by atoms with Crippen LogP contribution in [-0.4, -0.2) is 17.9 Å². The smallest absolute Gasteiger partial charge is 0.171 e. The summed E-state index contributed by atoms with van der Waals surface area (Å²) >= 11 is 1.40. The summed E-state index contributed by atoms with van der Waals surface area (Å²) in [4.78, 5) is 16.7. The number of rotatable bonds is 6. The molecule has 2 rings (SSSR count). The predicted molar refractivity (Wildman–Crippen MR) is 78.8 cm³/mol. The fourth-order valence-electron chi connectivity index (χ4n) is 1.81. The van der Waals surface area contributed by atoms with Gasteiger partial charge in [-0.2, -0.15) is 0 Å². The Balaban J connectivity index is 2.08. The number of aryl methyl sites for hydroxylation is 1. The summed E-state index contributed by atoms with van der Waals surface area (Å²) in [5.74, 6) is 1.54. The van der Waals surface area contributed by atoms with Gasteiger partial charge in [-0.05, 0) is 18.6 Å². The first kappa shape index (κ1) is 14.5. The van der Waals surface area contributed by atoms with Crippen LogP contribution in [0.3, 0.4) is 0 Å². The third-order valence-electron chi connectivity index (χ3n) is 2.80. The fourth-order valence-corrected chi connectivity index (χ4v) is 2.77. The van der Waals surface area contributed by atoms with Gasteiger partial charge in [-0.3, -0.25) is 4.79 Å². The highest BCUT2D eigenvalue weighted by Crippen LogP contribution is 2.23. The Morgan fingerprint density at radius 2 is 2.10 bits per heavy atom. The van der Waals surface area contributed by atoms with E-state index in [1.54, 1.807) is 14.0 Å². The summed E-state index contributed by atoms with van der Waals surface area (Å²) in [6, 6.07) is 7.41. The zero-order chi connectivity index (χ0) is 14.5. The van der Waals surface area contributed by atoms with Crippen LogP contribution >= 0.6 is 11.3 Å². The Labute approximate surface area is 122 Å². The normalized spacial score (nSPS) is 10.3. The third kappa shape index (κ3) is 3.36. The van der Waals surface area contributed by atoms with Crippen molar-refractivity contribution >= 4 is 17.1 Å². The highest BCUT2D eigenvalue weighted by molar-refractivity contribution is 7.13. The second-order valence-corrected chi connectivity index (χ2v) is 5.34. The number of Topliss-reactive ketones (excluding diaryl/α,β-unsaturated/α-hetero) is 1. The van der Waals surface area contributed by atoms with Crippen molar-refractivity contribution in [3.63, 3.8) is 0 Å². The lowest BCUT2D eigenvalue weighted by atomic mass is 10.2. The average molecular weight is 291 g/mol. The minimum Gasteiger partial charge on any atom is -0.497 e. The highest BCUT2D eigenvalue weighted by Gasteiger charge is 2.13. The van der Waals surface area contributed by atoms with Crippen molar-refractivity contribution in [3.8, 4) is 11.5 Å². The molecule has 0 radical (unpaired) electrons. The minimum absolute atomic E-state index is 0.0620. The van der Waals surface area contributed by atoms with Crippen molar-refractivity contribution in [1.82, 2.24) is 4.98 Å². The lowest BCUT2D eigenvalue weighted by molar-refractivity contribution is 0.102. The first-order valence-electron chi connectivity index (χ1n) is 6.40. The van der Waals surface area contributed by atoms with E-state index in [0.29, 0.717) is 6.61 Å². The molecule has 0 aliphatic carbocycles. The summed E-state index contributed by atoms with van der Waals surface area (Å²) < 4.78 is 10.8. The van der Waals surface area contributed by atoms with E-state index >= 15 is 0 Å². The standard InChI is InChI=1S/C15H17NO3S/c1-4-13-15(10(2)17)20-14(16-13)9-19-12-7-5-6-11(8-12)18-3/h5-8H,4,9H2,1-3H3. The first-order chi connectivity index (χ1) is 9.63. The van der Waals surface area contributed by atoms with E-state index < -0.39 is 0 Å². The summed E-state index contributed by atoms with van der Waals surface area (Å²) in [6.45, 7) is 3.92. The zero-order valence-electron chi connectivity index (χ0n) is 11.8. The van der Waals surface area contributed by atoms with Gasteiger partial charge in [-0.25, -0.2) is 4.98 Å². The summed E-state index contributed by atoms with van der Waals surface area (Å²) in [5.41, 5.74) is 0.853. The largest absolute Gasteiger partial charge is 0.497 e. The molecule has 0 saturated heterocycles. The average Bonchev–Trinajstić information content (AvgIpc) is 2.89. The van der Waals surface area contributed by atoms with Gasteiger partial charge in [0.05, 0.1) is 17.7 Å². The molecule has 0 aliphatic rings. The molecule has 0 aliphatic heterocycles. The number of hydrogen-bond acceptors (Lipinski definition) is 5. The molecule has 1 aromatic carbocycles. The Bertz CT molecular complexity index is 607. The van der Waals surface area contributed by atoms with Gasteiger partial charge >= 0.3 is 0 Å². The molecule has 0 saturated carbocycles. The van der Waals surface area contributed by atoms with Gasteiger partial charge in [-0.15, -0.1) is 11.3 Å². The van der Waals surface area contributed by atoms with Crippen molar-refractivity contribution < 1.29 is 14.3 Å². The lowest BCUT2D eigenvalue weighted by Gasteiger charge is -2.05. The third-order valence-corrected chi connectivity index (χ3v) is 3.97. The van der Waals surface area contributed by atoms with Crippen LogP contribution in [0.15, 0.2) is 24.3 Å². The van der Waals surface area contributed by atoms with Gasteiger partial charge in [0.15, 0.2) is 5.78 Å². The second-order valence-electron chi connectivity index (χ2n) is 4.26. The minimum atomic E-state index is 0.0620. The summed E-state index contributed by atoms with van der Waals surface area (Å²) in [5, 5.41) is 0.815. The van der Waals surface area contributed by atoms with Gasteiger partial charge in [0.25, 0.3) is 0 Å². The maximum absolute atomic E-state index is 11.5. The molecule has 106 valence electrons. The molecule has 20 heavy (non-hydrogen) atoms. The van der Waals surface area contributed by atoms with Crippen LogP contribution in [0.4, 0.5) is 0 Å². The molecular formula is C15H17NO3S. The van der Waals surface area contributed by atoms with E-state index in [0.717, 1.165) is 33.5 Å². The van der Waals surface area contributed by atoms with Crippen LogP contribution in [0.2, 0.25) is 0 Å². The molecule has 1 aromatic heterocycles. The zero-order valence-corrected chi connectivity index (χ0v) is 12.6.